The van der Waals surface area contributed by atoms with E-state index in [2.05, 4.69) is 54.9 Å². The summed E-state index contributed by atoms with van der Waals surface area (Å²) in [4.78, 5) is 6.53. The van der Waals surface area contributed by atoms with Gasteiger partial charge in [0, 0.05) is 6.54 Å². The minimum atomic E-state index is -0.0769. The maximum Gasteiger partial charge on any atom is 0.192 e. The summed E-state index contributed by atoms with van der Waals surface area (Å²) in [6.07, 6.45) is 0. The van der Waals surface area contributed by atoms with Crippen LogP contribution in [0, 0.1) is 6.92 Å². The second-order valence-corrected chi connectivity index (χ2v) is 4.56. The molecule has 1 aromatic rings. The second-order valence-electron chi connectivity index (χ2n) is 4.56. The van der Waals surface area contributed by atoms with E-state index in [9.17, 15) is 0 Å². The van der Waals surface area contributed by atoms with E-state index in [1.807, 2.05) is 0 Å². The molecule has 3 nitrogen and oxygen atoms in total. The van der Waals surface area contributed by atoms with Crippen LogP contribution in [0.1, 0.15) is 25.0 Å². The molecule has 0 aliphatic carbocycles. The van der Waals surface area contributed by atoms with Gasteiger partial charge in [-0.25, -0.2) is 0 Å². The maximum atomic E-state index is 5.91. The van der Waals surface area contributed by atoms with E-state index < -0.39 is 0 Å². The highest BCUT2D eigenvalue weighted by Crippen LogP contribution is 2.32. The van der Waals surface area contributed by atoms with Gasteiger partial charge in [-0.3, -0.25) is 4.99 Å². The van der Waals surface area contributed by atoms with Crippen LogP contribution in [0.5, 0.6) is 0 Å². The average Bonchev–Trinajstić information content (AvgIpc) is 2.56. The van der Waals surface area contributed by atoms with Crippen molar-refractivity contribution in [2.75, 3.05) is 13.1 Å². The number of hydrogen-bond donors (Lipinski definition) is 1. The molecule has 1 aliphatic heterocycles. The van der Waals surface area contributed by atoms with E-state index >= 15 is 0 Å². The predicted molar refractivity (Wildman–Crippen MR) is 67.4 cm³/mol. The lowest BCUT2D eigenvalue weighted by molar-refractivity contribution is 0.235. The number of aryl methyl sites for hydroxylation is 1. The Bertz CT molecular complexity index is 408. The second kappa shape index (κ2) is 3.81. The van der Waals surface area contributed by atoms with E-state index in [0.29, 0.717) is 5.96 Å². The third-order valence-corrected chi connectivity index (χ3v) is 3.41. The quantitative estimate of drug-likeness (QED) is 0.821. The van der Waals surface area contributed by atoms with Crippen molar-refractivity contribution >= 4 is 5.96 Å². The molecule has 0 saturated carbocycles. The van der Waals surface area contributed by atoms with E-state index in [0.717, 1.165) is 13.1 Å². The zero-order valence-electron chi connectivity index (χ0n) is 10.2. The summed E-state index contributed by atoms with van der Waals surface area (Å²) < 4.78 is 0. The van der Waals surface area contributed by atoms with Crippen molar-refractivity contribution in [3.05, 3.63) is 35.4 Å². The van der Waals surface area contributed by atoms with Gasteiger partial charge in [0.25, 0.3) is 0 Å². The number of nitrogens with two attached hydrogens (primary N) is 1. The van der Waals surface area contributed by atoms with Gasteiger partial charge in [0.05, 0.1) is 12.1 Å². The molecular weight excluding hydrogens is 198 g/mol. The average molecular weight is 217 g/mol. The lowest BCUT2D eigenvalue weighted by atomic mass is 9.90. The number of nitrogens with zero attached hydrogens (tertiary/aromatic N) is 2. The molecule has 0 bridgehead atoms. The fraction of sp³-hybridized carbons (Fsp3) is 0.462. The number of aliphatic imine (C=N–C) groups is 1. The lowest BCUT2D eigenvalue weighted by Crippen LogP contribution is -2.47. The Morgan fingerprint density at radius 2 is 2.00 bits per heavy atom. The van der Waals surface area contributed by atoms with Gasteiger partial charge < -0.3 is 10.6 Å². The molecule has 2 N–H and O–H groups in total. The van der Waals surface area contributed by atoms with E-state index in [4.69, 9.17) is 5.73 Å². The zero-order chi connectivity index (χ0) is 11.8. The molecule has 86 valence electrons. The van der Waals surface area contributed by atoms with Crippen LogP contribution < -0.4 is 5.73 Å². The van der Waals surface area contributed by atoms with E-state index in [1.165, 1.54) is 11.1 Å². The lowest BCUT2D eigenvalue weighted by Gasteiger charge is -2.36. The molecule has 0 aromatic heterocycles. The summed E-state index contributed by atoms with van der Waals surface area (Å²) in [5, 5.41) is 0. The highest BCUT2D eigenvalue weighted by atomic mass is 15.3. The van der Waals surface area contributed by atoms with Crippen LogP contribution in [0.3, 0.4) is 0 Å². The molecule has 0 amide bonds. The Labute approximate surface area is 97.0 Å². The van der Waals surface area contributed by atoms with Crippen LogP contribution in [0.15, 0.2) is 29.3 Å². The first-order valence-corrected chi connectivity index (χ1v) is 5.72. The number of likely N-dealkylation sites (N-methyl/N-ethyl adjacent to an activating group) is 1. The maximum absolute atomic E-state index is 5.91. The van der Waals surface area contributed by atoms with Crippen molar-refractivity contribution in [3.63, 3.8) is 0 Å². The molecule has 0 radical (unpaired) electrons. The molecule has 1 heterocycles. The number of benzene rings is 1. The summed E-state index contributed by atoms with van der Waals surface area (Å²) in [7, 11) is 0. The highest BCUT2D eigenvalue weighted by molar-refractivity contribution is 5.81. The normalized spacial score (nSPS) is 24.7. The molecule has 1 atom stereocenters. The zero-order valence-corrected chi connectivity index (χ0v) is 10.2. The van der Waals surface area contributed by atoms with Crippen molar-refractivity contribution in [1.82, 2.24) is 4.90 Å². The predicted octanol–water partition coefficient (Wildman–Crippen LogP) is 1.86. The summed E-state index contributed by atoms with van der Waals surface area (Å²) in [5.41, 5.74) is 8.39. The summed E-state index contributed by atoms with van der Waals surface area (Å²) in [6.45, 7) is 8.04. The van der Waals surface area contributed by atoms with Crippen LogP contribution in [0.2, 0.25) is 0 Å². The third-order valence-electron chi connectivity index (χ3n) is 3.41. The van der Waals surface area contributed by atoms with Gasteiger partial charge in [-0.05, 0) is 26.3 Å². The Kier molecular flexibility index (Phi) is 2.62. The Morgan fingerprint density at radius 1 is 1.38 bits per heavy atom. The monoisotopic (exact) mass is 217 g/mol. The Morgan fingerprint density at radius 3 is 2.56 bits per heavy atom. The molecule has 16 heavy (non-hydrogen) atoms. The molecular formula is C13H19N3. The fourth-order valence-electron chi connectivity index (χ4n) is 2.33. The van der Waals surface area contributed by atoms with Crippen molar-refractivity contribution in [2.24, 2.45) is 10.7 Å². The van der Waals surface area contributed by atoms with Gasteiger partial charge in [0.15, 0.2) is 5.96 Å². The summed E-state index contributed by atoms with van der Waals surface area (Å²) in [6, 6.07) is 8.63. The van der Waals surface area contributed by atoms with Crippen molar-refractivity contribution in [3.8, 4) is 0 Å². The number of guanidine groups is 1. The molecule has 1 unspecified atom stereocenters. The molecule has 0 saturated heterocycles. The van der Waals surface area contributed by atoms with Crippen LogP contribution in [-0.2, 0) is 5.54 Å². The minimum absolute atomic E-state index is 0.0769. The van der Waals surface area contributed by atoms with Gasteiger partial charge in [-0.1, -0.05) is 29.8 Å². The minimum Gasteiger partial charge on any atom is -0.370 e. The van der Waals surface area contributed by atoms with Crippen LogP contribution in [0.25, 0.3) is 0 Å². The van der Waals surface area contributed by atoms with Gasteiger partial charge in [-0.2, -0.15) is 0 Å². The first-order chi connectivity index (χ1) is 7.58. The summed E-state index contributed by atoms with van der Waals surface area (Å²) in [5.74, 6) is 0.658. The highest BCUT2D eigenvalue weighted by Gasteiger charge is 2.38. The molecule has 1 aromatic carbocycles. The fourth-order valence-corrected chi connectivity index (χ4v) is 2.33. The van der Waals surface area contributed by atoms with Gasteiger partial charge in [0.1, 0.15) is 0 Å². The van der Waals surface area contributed by atoms with Crippen LogP contribution >= 0.6 is 0 Å². The van der Waals surface area contributed by atoms with Gasteiger partial charge in [-0.15, -0.1) is 0 Å². The van der Waals surface area contributed by atoms with Crippen molar-refractivity contribution < 1.29 is 0 Å². The van der Waals surface area contributed by atoms with Crippen molar-refractivity contribution in [1.29, 1.82) is 0 Å². The van der Waals surface area contributed by atoms with E-state index in [-0.39, 0.29) is 5.54 Å². The van der Waals surface area contributed by atoms with Gasteiger partial charge in [0.2, 0.25) is 0 Å². The molecule has 3 heteroatoms. The smallest absolute Gasteiger partial charge is 0.192 e. The largest absolute Gasteiger partial charge is 0.370 e. The molecule has 1 aliphatic rings. The third kappa shape index (κ3) is 1.56. The van der Waals surface area contributed by atoms with Gasteiger partial charge >= 0.3 is 0 Å². The SMILES string of the molecule is CCN1C(N)=NCC1(C)c1ccc(C)cc1. The standard InChI is InChI=1S/C13H19N3/c1-4-16-12(14)15-9-13(16,3)11-7-5-10(2)6-8-11/h5-8H,4,9H2,1-3H3,(H2,14,15). The molecule has 0 fully saturated rings. The first kappa shape index (κ1) is 11.0. The van der Waals surface area contributed by atoms with Crippen LogP contribution in [0.4, 0.5) is 0 Å². The van der Waals surface area contributed by atoms with E-state index in [1.54, 1.807) is 0 Å². The topological polar surface area (TPSA) is 41.6 Å². The Hall–Kier alpha value is -1.51. The summed E-state index contributed by atoms with van der Waals surface area (Å²) >= 11 is 0. The number of rotatable bonds is 2. The molecule has 2 rings (SSSR count). The van der Waals surface area contributed by atoms with Crippen molar-refractivity contribution in [2.45, 2.75) is 26.3 Å². The Balaban J connectivity index is 2.36. The molecule has 0 spiro atoms. The number of hydrogen-bond acceptors (Lipinski definition) is 3. The first-order valence-electron chi connectivity index (χ1n) is 5.72. The van der Waals surface area contributed by atoms with Crippen LogP contribution in [-0.4, -0.2) is 23.9 Å².